The highest BCUT2D eigenvalue weighted by molar-refractivity contribution is 9.10. The summed E-state index contributed by atoms with van der Waals surface area (Å²) in [7, 11) is 0. The van der Waals surface area contributed by atoms with Gasteiger partial charge in [0.15, 0.2) is 0 Å². The van der Waals surface area contributed by atoms with E-state index in [0.717, 1.165) is 10.0 Å². The van der Waals surface area contributed by atoms with Crippen molar-refractivity contribution < 1.29 is 0 Å². The second-order valence-electron chi connectivity index (χ2n) is 5.30. The molecule has 0 aliphatic rings. The van der Waals surface area contributed by atoms with E-state index in [-0.39, 0.29) is 6.04 Å². The molecule has 2 rings (SSSR count). The van der Waals surface area contributed by atoms with E-state index in [0.29, 0.717) is 5.92 Å². The maximum Gasteiger partial charge on any atom is 0.0318 e. The van der Waals surface area contributed by atoms with Gasteiger partial charge in [0.05, 0.1) is 0 Å². The van der Waals surface area contributed by atoms with Crippen LogP contribution in [0.1, 0.15) is 43.9 Å². The molecule has 0 amide bonds. The highest BCUT2D eigenvalue weighted by Gasteiger charge is 2.07. The molecular weight excluding hydrogens is 330 g/mol. The smallest absolute Gasteiger partial charge is 0.0318 e. The van der Waals surface area contributed by atoms with Crippen LogP contribution in [0.15, 0.2) is 56.7 Å². The molecule has 0 aromatic heterocycles. The van der Waals surface area contributed by atoms with Gasteiger partial charge >= 0.3 is 0 Å². The van der Waals surface area contributed by atoms with E-state index in [1.54, 1.807) is 11.8 Å². The SMILES string of the molecule is CC(C)c1ccc(Sc2ccc([C@@H](C)N)cc2Br)cc1. The maximum absolute atomic E-state index is 5.90. The summed E-state index contributed by atoms with van der Waals surface area (Å²) in [6.07, 6.45) is 0. The Labute approximate surface area is 134 Å². The van der Waals surface area contributed by atoms with E-state index in [1.807, 2.05) is 6.92 Å². The zero-order valence-electron chi connectivity index (χ0n) is 12.1. The van der Waals surface area contributed by atoms with Crippen LogP contribution in [0.5, 0.6) is 0 Å². The lowest BCUT2D eigenvalue weighted by Gasteiger charge is -2.10. The molecule has 0 fully saturated rings. The molecule has 1 nitrogen and oxygen atoms in total. The van der Waals surface area contributed by atoms with Crippen molar-refractivity contribution >= 4 is 27.7 Å². The topological polar surface area (TPSA) is 26.0 Å². The van der Waals surface area contributed by atoms with Crippen LogP contribution < -0.4 is 5.73 Å². The quantitative estimate of drug-likeness (QED) is 0.760. The zero-order chi connectivity index (χ0) is 14.7. The van der Waals surface area contributed by atoms with Crippen molar-refractivity contribution in [2.24, 2.45) is 5.73 Å². The summed E-state index contributed by atoms with van der Waals surface area (Å²) in [5, 5.41) is 0. The van der Waals surface area contributed by atoms with E-state index < -0.39 is 0 Å². The first-order chi connectivity index (χ1) is 9.47. The minimum Gasteiger partial charge on any atom is -0.324 e. The fourth-order valence-electron chi connectivity index (χ4n) is 1.93. The van der Waals surface area contributed by atoms with Crippen LogP contribution in [0, 0.1) is 0 Å². The Balaban J connectivity index is 2.17. The lowest BCUT2D eigenvalue weighted by atomic mass is 10.0. The molecule has 0 saturated carbocycles. The zero-order valence-corrected chi connectivity index (χ0v) is 14.5. The molecule has 0 radical (unpaired) electrons. The van der Waals surface area contributed by atoms with Gasteiger partial charge in [0, 0.05) is 20.3 Å². The monoisotopic (exact) mass is 349 g/mol. The van der Waals surface area contributed by atoms with Gasteiger partial charge < -0.3 is 5.73 Å². The first-order valence-corrected chi connectivity index (χ1v) is 8.41. The molecule has 2 aromatic carbocycles. The van der Waals surface area contributed by atoms with Crippen molar-refractivity contribution in [1.29, 1.82) is 0 Å². The Morgan fingerprint density at radius 3 is 2.05 bits per heavy atom. The van der Waals surface area contributed by atoms with Crippen LogP contribution >= 0.6 is 27.7 Å². The first kappa shape index (κ1) is 15.6. The molecule has 0 unspecified atom stereocenters. The van der Waals surface area contributed by atoms with Crippen LogP contribution in [-0.4, -0.2) is 0 Å². The number of rotatable bonds is 4. The minimum absolute atomic E-state index is 0.0654. The third kappa shape index (κ3) is 3.87. The van der Waals surface area contributed by atoms with Crippen LogP contribution in [0.4, 0.5) is 0 Å². The van der Waals surface area contributed by atoms with Crippen LogP contribution in [0.25, 0.3) is 0 Å². The summed E-state index contributed by atoms with van der Waals surface area (Å²) in [5.41, 5.74) is 8.43. The van der Waals surface area contributed by atoms with Gasteiger partial charge in [0.25, 0.3) is 0 Å². The Morgan fingerprint density at radius 1 is 0.950 bits per heavy atom. The third-order valence-electron chi connectivity index (χ3n) is 3.26. The normalized spacial score (nSPS) is 12.7. The van der Waals surface area contributed by atoms with Gasteiger partial charge in [-0.1, -0.05) is 43.8 Å². The highest BCUT2D eigenvalue weighted by atomic mass is 79.9. The van der Waals surface area contributed by atoms with Gasteiger partial charge in [-0.25, -0.2) is 0 Å². The van der Waals surface area contributed by atoms with Gasteiger partial charge in [-0.15, -0.1) is 0 Å². The van der Waals surface area contributed by atoms with Gasteiger partial charge in [-0.3, -0.25) is 0 Å². The van der Waals surface area contributed by atoms with Crippen molar-refractivity contribution in [3.05, 3.63) is 58.1 Å². The van der Waals surface area contributed by atoms with Crippen LogP contribution in [0.3, 0.4) is 0 Å². The van der Waals surface area contributed by atoms with Crippen molar-refractivity contribution in [2.75, 3.05) is 0 Å². The minimum atomic E-state index is 0.0654. The summed E-state index contributed by atoms with van der Waals surface area (Å²) in [5.74, 6) is 0.575. The molecule has 20 heavy (non-hydrogen) atoms. The van der Waals surface area contributed by atoms with Crippen molar-refractivity contribution in [1.82, 2.24) is 0 Å². The average Bonchev–Trinajstić information content (AvgIpc) is 2.41. The molecule has 2 N–H and O–H groups in total. The molecule has 0 heterocycles. The highest BCUT2D eigenvalue weighted by Crippen LogP contribution is 2.35. The fraction of sp³-hybridized carbons (Fsp3) is 0.294. The van der Waals surface area contributed by atoms with Crippen molar-refractivity contribution in [3.63, 3.8) is 0 Å². The molecule has 106 valence electrons. The second-order valence-corrected chi connectivity index (χ2v) is 7.27. The van der Waals surface area contributed by atoms with Crippen LogP contribution in [0.2, 0.25) is 0 Å². The molecule has 0 bridgehead atoms. The Bertz CT molecular complexity index is 576. The second kappa shape index (κ2) is 6.79. The van der Waals surface area contributed by atoms with Crippen LogP contribution in [-0.2, 0) is 0 Å². The number of benzene rings is 2. The molecule has 0 aliphatic heterocycles. The predicted octanol–water partition coefficient (Wildman–Crippen LogP) is 5.74. The van der Waals surface area contributed by atoms with Crippen molar-refractivity contribution in [3.8, 4) is 0 Å². The first-order valence-electron chi connectivity index (χ1n) is 6.80. The molecule has 2 aromatic rings. The van der Waals surface area contributed by atoms with E-state index >= 15 is 0 Å². The average molecular weight is 350 g/mol. The third-order valence-corrected chi connectivity index (χ3v) is 5.26. The standard InChI is InChI=1S/C17H20BrNS/c1-11(2)13-4-7-15(8-5-13)20-17-9-6-14(12(3)19)10-16(17)18/h4-12H,19H2,1-3H3/t12-/m1/s1. The molecular formula is C17H20BrNS. The summed E-state index contributed by atoms with van der Waals surface area (Å²) >= 11 is 5.40. The van der Waals surface area contributed by atoms with Crippen molar-refractivity contribution in [2.45, 2.75) is 42.5 Å². The van der Waals surface area contributed by atoms with E-state index in [9.17, 15) is 0 Å². The van der Waals surface area contributed by atoms with Gasteiger partial charge in [-0.05, 0) is 64.2 Å². The van der Waals surface area contributed by atoms with E-state index in [2.05, 4.69) is 72.2 Å². The Kier molecular flexibility index (Phi) is 5.30. The summed E-state index contributed by atoms with van der Waals surface area (Å²) in [6.45, 7) is 6.43. The number of nitrogens with two attached hydrogens (primary N) is 1. The molecule has 3 heteroatoms. The molecule has 1 atom stereocenters. The molecule has 0 saturated heterocycles. The summed E-state index contributed by atoms with van der Waals surface area (Å²) < 4.78 is 1.10. The lowest BCUT2D eigenvalue weighted by molar-refractivity contribution is 0.815. The Morgan fingerprint density at radius 2 is 1.55 bits per heavy atom. The number of halogens is 1. The summed E-state index contributed by atoms with van der Waals surface area (Å²) in [6, 6.07) is 15.2. The molecule has 0 aliphatic carbocycles. The predicted molar refractivity (Wildman–Crippen MR) is 91.4 cm³/mol. The van der Waals surface area contributed by atoms with Gasteiger partial charge in [0.1, 0.15) is 0 Å². The number of hydrogen-bond acceptors (Lipinski definition) is 2. The Hall–Kier alpha value is -0.770. The fourth-order valence-corrected chi connectivity index (χ4v) is 3.39. The largest absolute Gasteiger partial charge is 0.324 e. The number of hydrogen-bond donors (Lipinski definition) is 1. The van der Waals surface area contributed by atoms with Gasteiger partial charge in [0.2, 0.25) is 0 Å². The van der Waals surface area contributed by atoms with E-state index in [4.69, 9.17) is 5.73 Å². The maximum atomic E-state index is 5.90. The van der Waals surface area contributed by atoms with E-state index in [1.165, 1.54) is 15.4 Å². The molecule has 0 spiro atoms. The van der Waals surface area contributed by atoms with Gasteiger partial charge in [-0.2, -0.15) is 0 Å². The summed E-state index contributed by atoms with van der Waals surface area (Å²) in [4.78, 5) is 2.47. The lowest BCUT2D eigenvalue weighted by Crippen LogP contribution is -2.04.